The molecule has 1 aliphatic carbocycles. The zero-order chi connectivity index (χ0) is 29.8. The van der Waals surface area contributed by atoms with Gasteiger partial charge in [0.1, 0.15) is 17.9 Å². The number of amides is 4. The van der Waals surface area contributed by atoms with Crippen molar-refractivity contribution in [3.63, 3.8) is 0 Å². The number of hydrogen-bond donors (Lipinski definition) is 3. The molecule has 2 heterocycles. The SMILES string of the molecule is CN[C@@H](C)C(=O)N[C@H]1CN(C(=O)Cc2ccc(F)cc2)CC[C@H]2CC[C@@H](C(=O)N[C@@H]3CCCc4ccccc43)N2C1=O. The molecule has 5 atom stereocenters. The first-order chi connectivity index (χ1) is 20.2. The van der Waals surface area contributed by atoms with Gasteiger partial charge in [-0.2, -0.15) is 0 Å². The van der Waals surface area contributed by atoms with Gasteiger partial charge in [0, 0.05) is 19.1 Å². The van der Waals surface area contributed by atoms with Gasteiger partial charge < -0.3 is 25.8 Å². The van der Waals surface area contributed by atoms with Crippen molar-refractivity contribution in [1.29, 1.82) is 0 Å². The second-order valence-corrected chi connectivity index (χ2v) is 11.6. The Morgan fingerprint density at radius 1 is 0.976 bits per heavy atom. The average molecular weight is 578 g/mol. The molecular weight excluding hydrogens is 537 g/mol. The van der Waals surface area contributed by atoms with Crippen molar-refractivity contribution in [2.75, 3.05) is 20.1 Å². The van der Waals surface area contributed by atoms with E-state index in [0.717, 1.165) is 24.8 Å². The molecule has 0 aromatic heterocycles. The van der Waals surface area contributed by atoms with Gasteiger partial charge >= 0.3 is 0 Å². The Bertz CT molecular complexity index is 1320. The van der Waals surface area contributed by atoms with E-state index in [4.69, 9.17) is 0 Å². The summed E-state index contributed by atoms with van der Waals surface area (Å²) in [5.74, 6) is -1.47. The van der Waals surface area contributed by atoms with Gasteiger partial charge in [0.2, 0.25) is 23.6 Å². The van der Waals surface area contributed by atoms with Crippen LogP contribution in [0.15, 0.2) is 48.5 Å². The first-order valence-corrected chi connectivity index (χ1v) is 15.0. The van der Waals surface area contributed by atoms with Crippen molar-refractivity contribution in [1.82, 2.24) is 25.8 Å². The van der Waals surface area contributed by atoms with Crippen LogP contribution < -0.4 is 16.0 Å². The highest BCUT2D eigenvalue weighted by atomic mass is 19.1. The number of nitrogens with zero attached hydrogens (tertiary/aromatic N) is 2. The first-order valence-electron chi connectivity index (χ1n) is 15.0. The van der Waals surface area contributed by atoms with Crippen molar-refractivity contribution < 1.29 is 23.6 Å². The van der Waals surface area contributed by atoms with E-state index >= 15 is 0 Å². The summed E-state index contributed by atoms with van der Waals surface area (Å²) in [6.45, 7) is 2.07. The van der Waals surface area contributed by atoms with Gasteiger partial charge in [-0.1, -0.05) is 36.4 Å². The third-order valence-corrected chi connectivity index (χ3v) is 8.94. The summed E-state index contributed by atoms with van der Waals surface area (Å²) < 4.78 is 13.4. The van der Waals surface area contributed by atoms with Crippen molar-refractivity contribution >= 4 is 23.6 Å². The van der Waals surface area contributed by atoms with Gasteiger partial charge in [0.15, 0.2) is 0 Å². The van der Waals surface area contributed by atoms with Crippen LogP contribution in [-0.4, -0.2) is 77.7 Å². The monoisotopic (exact) mass is 577 g/mol. The van der Waals surface area contributed by atoms with E-state index in [9.17, 15) is 23.6 Å². The predicted molar refractivity (Wildman–Crippen MR) is 156 cm³/mol. The molecule has 2 fully saturated rings. The lowest BCUT2D eigenvalue weighted by atomic mass is 9.87. The largest absolute Gasteiger partial charge is 0.347 e. The molecule has 2 aliphatic heterocycles. The summed E-state index contributed by atoms with van der Waals surface area (Å²) in [6.07, 6.45) is 4.57. The van der Waals surface area contributed by atoms with Crippen LogP contribution in [0.5, 0.6) is 0 Å². The summed E-state index contributed by atoms with van der Waals surface area (Å²) in [5, 5.41) is 8.95. The van der Waals surface area contributed by atoms with Gasteiger partial charge in [-0.25, -0.2) is 4.39 Å². The molecule has 4 amide bonds. The quantitative estimate of drug-likeness (QED) is 0.468. The van der Waals surface area contributed by atoms with Crippen LogP contribution in [0.1, 0.15) is 61.8 Å². The van der Waals surface area contributed by atoms with Crippen LogP contribution in [-0.2, 0) is 32.0 Å². The maximum atomic E-state index is 14.1. The smallest absolute Gasteiger partial charge is 0.247 e. The molecule has 42 heavy (non-hydrogen) atoms. The second kappa shape index (κ2) is 13.0. The third kappa shape index (κ3) is 6.48. The van der Waals surface area contributed by atoms with Gasteiger partial charge in [-0.05, 0) is 81.3 Å². The lowest BCUT2D eigenvalue weighted by Gasteiger charge is -2.39. The summed E-state index contributed by atoms with van der Waals surface area (Å²) in [6, 6.07) is 11.4. The van der Waals surface area contributed by atoms with E-state index in [2.05, 4.69) is 28.1 Å². The molecule has 0 saturated carbocycles. The predicted octanol–water partition coefficient (Wildman–Crippen LogP) is 2.25. The van der Waals surface area contributed by atoms with Crippen molar-refractivity contribution in [2.45, 2.75) is 82.1 Å². The minimum Gasteiger partial charge on any atom is -0.347 e. The minimum absolute atomic E-state index is 0.00536. The number of rotatable bonds is 7. The van der Waals surface area contributed by atoms with Crippen molar-refractivity contribution in [3.05, 3.63) is 71.0 Å². The van der Waals surface area contributed by atoms with Gasteiger partial charge in [0.05, 0.1) is 18.5 Å². The van der Waals surface area contributed by atoms with Gasteiger partial charge in [-0.3, -0.25) is 19.2 Å². The molecule has 2 aromatic carbocycles. The Balaban J connectivity index is 1.35. The van der Waals surface area contributed by atoms with Gasteiger partial charge in [-0.15, -0.1) is 0 Å². The number of hydrogen-bond acceptors (Lipinski definition) is 5. The van der Waals surface area contributed by atoms with Gasteiger partial charge in [0.25, 0.3) is 0 Å². The lowest BCUT2D eigenvalue weighted by molar-refractivity contribution is -0.147. The standard InChI is InChI=1S/C32H40FN5O4/c1-20(34-2)30(40)36-27-19-37(29(39)18-21-10-12-23(33)13-11-21)17-16-24-14-15-28(38(24)32(27)42)31(41)35-26-9-5-7-22-6-3-4-8-25(22)26/h3-4,6,8,10-13,20,24,26-28,34H,5,7,9,14-19H2,1-2H3,(H,35,41)(H,36,40)/t20-,24+,26+,27-,28-/m0/s1. The van der Waals surface area contributed by atoms with Crippen molar-refractivity contribution in [3.8, 4) is 0 Å². The molecule has 3 N–H and O–H groups in total. The number of fused-ring (bicyclic) bond motifs is 2. The third-order valence-electron chi connectivity index (χ3n) is 8.94. The molecule has 5 rings (SSSR count). The Morgan fingerprint density at radius 2 is 1.74 bits per heavy atom. The van der Waals surface area contributed by atoms with Crippen LogP contribution in [0, 0.1) is 5.82 Å². The fourth-order valence-corrected chi connectivity index (χ4v) is 6.45. The number of halogens is 1. The lowest BCUT2D eigenvalue weighted by Crippen LogP contribution is -2.62. The number of nitrogens with one attached hydrogen (secondary N) is 3. The summed E-state index contributed by atoms with van der Waals surface area (Å²) in [5.41, 5.74) is 3.04. The molecule has 2 saturated heterocycles. The van der Waals surface area contributed by atoms with Crippen LogP contribution in [0.3, 0.4) is 0 Å². The number of aryl methyl sites for hydroxylation is 1. The van der Waals surface area contributed by atoms with E-state index < -0.39 is 18.1 Å². The summed E-state index contributed by atoms with van der Waals surface area (Å²) in [7, 11) is 1.66. The number of carbonyl (C=O) groups excluding carboxylic acids is 4. The molecular formula is C32H40FN5O4. The molecule has 9 nitrogen and oxygen atoms in total. The summed E-state index contributed by atoms with van der Waals surface area (Å²) in [4.78, 5) is 57.4. The van der Waals surface area contributed by atoms with Crippen LogP contribution in [0.2, 0.25) is 0 Å². The van der Waals surface area contributed by atoms with Crippen LogP contribution in [0.4, 0.5) is 4.39 Å². The zero-order valence-corrected chi connectivity index (χ0v) is 24.3. The number of likely N-dealkylation sites (N-methyl/N-ethyl adjacent to an activating group) is 1. The Labute approximate surface area is 246 Å². The number of carbonyl (C=O) groups is 4. The fraction of sp³-hybridized carbons (Fsp3) is 0.500. The topological polar surface area (TPSA) is 111 Å². The molecule has 0 unspecified atom stereocenters. The van der Waals surface area contributed by atoms with Crippen LogP contribution >= 0.6 is 0 Å². The Morgan fingerprint density at radius 3 is 2.50 bits per heavy atom. The second-order valence-electron chi connectivity index (χ2n) is 11.6. The molecule has 0 spiro atoms. The van der Waals surface area contributed by atoms with E-state index in [1.165, 1.54) is 17.7 Å². The van der Waals surface area contributed by atoms with E-state index in [-0.39, 0.29) is 54.5 Å². The molecule has 224 valence electrons. The molecule has 3 aliphatic rings. The minimum atomic E-state index is -1.00. The maximum Gasteiger partial charge on any atom is 0.247 e. The highest BCUT2D eigenvalue weighted by Crippen LogP contribution is 2.33. The van der Waals surface area contributed by atoms with Crippen molar-refractivity contribution in [2.24, 2.45) is 0 Å². The molecule has 0 bridgehead atoms. The highest BCUT2D eigenvalue weighted by molar-refractivity contribution is 5.94. The molecule has 2 aromatic rings. The van der Waals surface area contributed by atoms with E-state index in [0.29, 0.717) is 31.4 Å². The Hall–Kier alpha value is -3.79. The fourth-order valence-electron chi connectivity index (χ4n) is 6.45. The Kier molecular flexibility index (Phi) is 9.21. The van der Waals surface area contributed by atoms with E-state index in [1.54, 1.807) is 35.9 Å². The first kappa shape index (κ1) is 29.7. The molecule has 10 heteroatoms. The van der Waals surface area contributed by atoms with Crippen LogP contribution in [0.25, 0.3) is 0 Å². The normalized spacial score (nSPS) is 24.6. The average Bonchev–Trinajstić information content (AvgIpc) is 3.42. The van der Waals surface area contributed by atoms with E-state index in [1.807, 2.05) is 12.1 Å². The number of benzene rings is 2. The maximum absolute atomic E-state index is 14.1. The summed E-state index contributed by atoms with van der Waals surface area (Å²) >= 11 is 0. The zero-order valence-electron chi connectivity index (χ0n) is 24.3. The highest BCUT2D eigenvalue weighted by Gasteiger charge is 2.46. The molecule has 0 radical (unpaired) electrons.